The first-order valence-corrected chi connectivity index (χ1v) is 6.24. The molecule has 0 radical (unpaired) electrons. The normalized spacial score (nSPS) is 11.4. The number of rotatable bonds is 1. The quantitative estimate of drug-likeness (QED) is 0.660. The third-order valence-electron chi connectivity index (χ3n) is 2.80. The van der Waals surface area contributed by atoms with E-state index in [0.29, 0.717) is 0 Å². The molecule has 0 N–H and O–H groups in total. The Balaban J connectivity index is 2.83. The van der Waals surface area contributed by atoms with E-state index in [1.165, 1.54) is 27.5 Å². The molecule has 15 heavy (non-hydrogen) atoms. The van der Waals surface area contributed by atoms with Crippen LogP contribution in [-0.2, 0) is 0 Å². The van der Waals surface area contributed by atoms with Crippen molar-refractivity contribution in [2.75, 3.05) is 0 Å². The van der Waals surface area contributed by atoms with Crippen molar-refractivity contribution in [2.24, 2.45) is 0 Å². The van der Waals surface area contributed by atoms with E-state index in [9.17, 15) is 0 Å². The maximum Gasteiger partial charge on any atom is -0.0149 e. The van der Waals surface area contributed by atoms with Gasteiger partial charge in [0.2, 0.25) is 0 Å². The zero-order valence-electron chi connectivity index (χ0n) is 8.92. The molecule has 0 aliphatic heterocycles. The largest absolute Gasteiger partial charge is 0.0616 e. The highest BCUT2D eigenvalue weighted by atomic mass is 127. The van der Waals surface area contributed by atoms with Gasteiger partial charge in [0.15, 0.2) is 0 Å². The predicted octanol–water partition coefficient (Wildman–Crippen LogP) is 4.86. The van der Waals surface area contributed by atoms with Crippen LogP contribution in [0.5, 0.6) is 0 Å². The highest BCUT2D eigenvalue weighted by molar-refractivity contribution is 14.1. The van der Waals surface area contributed by atoms with Crippen LogP contribution in [0.4, 0.5) is 0 Å². The minimum atomic E-state index is 1.33. The first-order chi connectivity index (χ1) is 7.24. The fourth-order valence-electron chi connectivity index (χ4n) is 2.04. The van der Waals surface area contributed by atoms with Gasteiger partial charge < -0.3 is 0 Å². The predicted molar refractivity (Wildman–Crippen MR) is 76.5 cm³/mol. The average Bonchev–Trinajstić information content (AvgIpc) is 2.24. The van der Waals surface area contributed by atoms with Gasteiger partial charge in [0, 0.05) is 0 Å². The lowest BCUT2D eigenvalue weighted by atomic mass is 9.96. The Morgan fingerprint density at radius 3 is 2.60 bits per heavy atom. The fraction of sp³-hybridized carbons (Fsp3) is 0.143. The van der Waals surface area contributed by atoms with E-state index >= 15 is 0 Å². The standard InChI is InChI=1S/C14H13I/c1-10-9-12-5-3-4-6-14(12)11(2)13(10)7-8-15/h3-9H,1-2H3. The van der Waals surface area contributed by atoms with Crippen molar-refractivity contribution in [3.63, 3.8) is 0 Å². The molecule has 0 spiro atoms. The van der Waals surface area contributed by atoms with Crippen molar-refractivity contribution in [3.8, 4) is 0 Å². The minimum absolute atomic E-state index is 1.33. The van der Waals surface area contributed by atoms with Gasteiger partial charge in [-0.1, -0.05) is 52.9 Å². The topological polar surface area (TPSA) is 0 Å². The molecule has 1 heteroatoms. The smallest absolute Gasteiger partial charge is 0.0149 e. The van der Waals surface area contributed by atoms with Crippen LogP contribution in [-0.4, -0.2) is 0 Å². The molecule has 0 atom stereocenters. The zero-order chi connectivity index (χ0) is 10.8. The fourth-order valence-corrected chi connectivity index (χ4v) is 2.40. The molecule has 0 fully saturated rings. The van der Waals surface area contributed by atoms with Gasteiger partial charge in [-0.3, -0.25) is 0 Å². The van der Waals surface area contributed by atoms with Crippen molar-refractivity contribution in [2.45, 2.75) is 13.8 Å². The maximum absolute atomic E-state index is 2.27. The summed E-state index contributed by atoms with van der Waals surface area (Å²) in [5.74, 6) is 0. The zero-order valence-corrected chi connectivity index (χ0v) is 11.1. The highest BCUT2D eigenvalue weighted by Gasteiger charge is 2.04. The van der Waals surface area contributed by atoms with Crippen molar-refractivity contribution in [1.29, 1.82) is 0 Å². The summed E-state index contributed by atoms with van der Waals surface area (Å²) < 4.78 is 2.07. The van der Waals surface area contributed by atoms with Crippen LogP contribution in [0, 0.1) is 13.8 Å². The van der Waals surface area contributed by atoms with Crippen molar-refractivity contribution in [1.82, 2.24) is 0 Å². The van der Waals surface area contributed by atoms with Gasteiger partial charge in [-0.2, -0.15) is 0 Å². The Morgan fingerprint density at radius 1 is 1.13 bits per heavy atom. The first-order valence-electron chi connectivity index (χ1n) is 4.99. The molecule has 76 valence electrons. The van der Waals surface area contributed by atoms with Gasteiger partial charge in [0.25, 0.3) is 0 Å². The molecule has 0 heterocycles. The molecule has 0 bridgehead atoms. The Kier molecular flexibility index (Phi) is 3.10. The summed E-state index contributed by atoms with van der Waals surface area (Å²) in [6, 6.07) is 10.8. The molecule has 0 saturated heterocycles. The summed E-state index contributed by atoms with van der Waals surface area (Å²) in [5.41, 5.74) is 4.07. The first kappa shape index (κ1) is 10.7. The summed E-state index contributed by atoms with van der Waals surface area (Å²) in [6.07, 6.45) is 2.18. The third kappa shape index (κ3) is 1.93. The molecule has 0 unspecified atom stereocenters. The lowest BCUT2D eigenvalue weighted by Crippen LogP contribution is -1.88. The van der Waals surface area contributed by atoms with E-state index in [4.69, 9.17) is 0 Å². The number of fused-ring (bicyclic) bond motifs is 1. The Bertz CT molecular complexity index is 524. The van der Waals surface area contributed by atoms with E-state index < -0.39 is 0 Å². The van der Waals surface area contributed by atoms with Crippen LogP contribution in [0.25, 0.3) is 16.8 Å². The summed E-state index contributed by atoms with van der Waals surface area (Å²) in [4.78, 5) is 0. The number of hydrogen-bond donors (Lipinski definition) is 0. The Labute approximate surface area is 104 Å². The number of halogens is 1. The van der Waals surface area contributed by atoms with Crippen LogP contribution < -0.4 is 0 Å². The van der Waals surface area contributed by atoms with Gasteiger partial charge in [0.1, 0.15) is 0 Å². The Hall–Kier alpha value is -0.830. The van der Waals surface area contributed by atoms with Gasteiger partial charge >= 0.3 is 0 Å². The summed E-state index contributed by atoms with van der Waals surface area (Å²) in [6.45, 7) is 4.37. The maximum atomic E-state index is 2.27. The molecule has 0 aliphatic carbocycles. The summed E-state index contributed by atoms with van der Waals surface area (Å²) in [5, 5.41) is 2.69. The molecule has 0 saturated carbocycles. The number of benzene rings is 2. The van der Waals surface area contributed by atoms with E-state index in [0.717, 1.165) is 0 Å². The Morgan fingerprint density at radius 2 is 1.87 bits per heavy atom. The van der Waals surface area contributed by atoms with Gasteiger partial charge in [0.05, 0.1) is 0 Å². The summed E-state index contributed by atoms with van der Waals surface area (Å²) in [7, 11) is 0. The molecule has 2 aromatic carbocycles. The molecular formula is C14H13I. The number of hydrogen-bond acceptors (Lipinski definition) is 0. The molecule has 0 aromatic heterocycles. The van der Waals surface area contributed by atoms with Crippen LogP contribution in [0.2, 0.25) is 0 Å². The monoisotopic (exact) mass is 308 g/mol. The van der Waals surface area contributed by atoms with Crippen molar-refractivity contribution >= 4 is 39.4 Å². The van der Waals surface area contributed by atoms with Crippen LogP contribution in [0.3, 0.4) is 0 Å². The molecule has 0 nitrogen and oxygen atoms in total. The lowest BCUT2D eigenvalue weighted by Gasteiger charge is -2.09. The van der Waals surface area contributed by atoms with Crippen molar-refractivity contribution in [3.05, 3.63) is 51.1 Å². The SMILES string of the molecule is Cc1cc2ccccc2c(C)c1C=CI. The van der Waals surface area contributed by atoms with Gasteiger partial charge in [-0.15, -0.1) is 0 Å². The van der Waals surface area contributed by atoms with Crippen LogP contribution in [0.15, 0.2) is 34.4 Å². The van der Waals surface area contributed by atoms with Gasteiger partial charge in [-0.05, 0) is 51.5 Å². The van der Waals surface area contributed by atoms with E-state index in [2.05, 4.69) is 76.9 Å². The van der Waals surface area contributed by atoms with Crippen LogP contribution in [0.1, 0.15) is 16.7 Å². The van der Waals surface area contributed by atoms with Gasteiger partial charge in [-0.25, -0.2) is 0 Å². The van der Waals surface area contributed by atoms with E-state index in [-0.39, 0.29) is 0 Å². The molecule has 0 amide bonds. The summed E-state index contributed by atoms with van der Waals surface area (Å²) >= 11 is 2.27. The third-order valence-corrected chi connectivity index (χ3v) is 3.15. The van der Waals surface area contributed by atoms with E-state index in [1.807, 2.05) is 0 Å². The second kappa shape index (κ2) is 4.35. The molecule has 0 aliphatic rings. The molecular weight excluding hydrogens is 295 g/mol. The minimum Gasteiger partial charge on any atom is -0.0616 e. The van der Waals surface area contributed by atoms with Crippen molar-refractivity contribution < 1.29 is 0 Å². The van der Waals surface area contributed by atoms with Crippen LogP contribution >= 0.6 is 22.6 Å². The molecule has 2 aromatic rings. The lowest BCUT2D eigenvalue weighted by molar-refractivity contribution is 1.40. The second-order valence-electron chi connectivity index (χ2n) is 3.75. The van der Waals surface area contributed by atoms with E-state index in [1.54, 1.807) is 0 Å². The highest BCUT2D eigenvalue weighted by Crippen LogP contribution is 2.26. The average molecular weight is 308 g/mol. The number of aryl methyl sites for hydroxylation is 2. The second-order valence-corrected chi connectivity index (χ2v) is 4.47. The molecule has 2 rings (SSSR count).